The predicted molar refractivity (Wildman–Crippen MR) is 60.4 cm³/mol. The van der Waals surface area contributed by atoms with Gasteiger partial charge in [0, 0.05) is 30.6 Å². The van der Waals surface area contributed by atoms with Gasteiger partial charge in [-0.1, -0.05) is 4.49 Å². The summed E-state index contributed by atoms with van der Waals surface area (Å²) < 4.78 is 3.74. The van der Waals surface area contributed by atoms with E-state index in [1.807, 2.05) is 4.90 Å². The second kappa shape index (κ2) is 4.10. The summed E-state index contributed by atoms with van der Waals surface area (Å²) in [6.07, 6.45) is 3.49. The summed E-state index contributed by atoms with van der Waals surface area (Å²) in [5, 5.41) is 9.12. The SMILES string of the molecule is O=C(c1csnn1)N1CCC2CCC(C1)N2. The Balaban J connectivity index is 1.73. The van der Waals surface area contributed by atoms with Crippen LogP contribution >= 0.6 is 11.5 Å². The lowest BCUT2D eigenvalue weighted by Crippen LogP contribution is -2.39. The largest absolute Gasteiger partial charge is 0.336 e. The number of hydrogen-bond acceptors (Lipinski definition) is 5. The van der Waals surface area contributed by atoms with Gasteiger partial charge in [0.1, 0.15) is 0 Å². The Morgan fingerprint density at radius 2 is 2.31 bits per heavy atom. The van der Waals surface area contributed by atoms with Gasteiger partial charge in [0.2, 0.25) is 0 Å². The predicted octanol–water partition coefficient (Wildman–Crippen LogP) is 0.505. The number of hydrogen-bond donors (Lipinski definition) is 1. The molecule has 2 unspecified atom stereocenters. The number of rotatable bonds is 1. The van der Waals surface area contributed by atoms with E-state index < -0.39 is 0 Å². The number of likely N-dealkylation sites (tertiary alicyclic amines) is 1. The average molecular weight is 238 g/mol. The van der Waals surface area contributed by atoms with Gasteiger partial charge in [-0.25, -0.2) is 0 Å². The average Bonchev–Trinajstić information content (AvgIpc) is 2.87. The molecule has 1 amide bonds. The molecule has 2 saturated heterocycles. The van der Waals surface area contributed by atoms with E-state index in [0.29, 0.717) is 17.8 Å². The maximum absolute atomic E-state index is 12.1. The van der Waals surface area contributed by atoms with Crippen LogP contribution in [0.2, 0.25) is 0 Å². The van der Waals surface area contributed by atoms with Crippen molar-refractivity contribution < 1.29 is 4.79 Å². The van der Waals surface area contributed by atoms with Crippen molar-refractivity contribution in [2.75, 3.05) is 13.1 Å². The standard InChI is InChI=1S/C10H14N4OS/c15-10(9-6-16-13-12-9)14-4-3-7-1-2-8(5-14)11-7/h6-8,11H,1-5H2. The second-order valence-corrected chi connectivity index (χ2v) is 5.08. The van der Waals surface area contributed by atoms with Crippen molar-refractivity contribution in [3.63, 3.8) is 0 Å². The number of fused-ring (bicyclic) bond motifs is 2. The van der Waals surface area contributed by atoms with E-state index in [1.165, 1.54) is 24.4 Å². The van der Waals surface area contributed by atoms with E-state index >= 15 is 0 Å². The highest BCUT2D eigenvalue weighted by molar-refractivity contribution is 7.03. The molecule has 16 heavy (non-hydrogen) atoms. The van der Waals surface area contributed by atoms with E-state index in [9.17, 15) is 4.79 Å². The number of carbonyl (C=O) groups excluding carboxylic acids is 1. The molecule has 0 spiro atoms. The Morgan fingerprint density at radius 3 is 3.12 bits per heavy atom. The van der Waals surface area contributed by atoms with Gasteiger partial charge in [-0.2, -0.15) is 0 Å². The number of amides is 1. The third-order valence-corrected chi connectivity index (χ3v) is 3.89. The molecular formula is C10H14N4OS. The maximum Gasteiger partial charge on any atom is 0.275 e. The molecule has 2 fully saturated rings. The van der Waals surface area contributed by atoms with Crippen LogP contribution in [0.15, 0.2) is 5.38 Å². The van der Waals surface area contributed by atoms with Crippen LogP contribution in [0.4, 0.5) is 0 Å². The molecule has 3 rings (SSSR count). The van der Waals surface area contributed by atoms with E-state index in [1.54, 1.807) is 5.38 Å². The molecule has 2 aliphatic heterocycles. The first-order valence-corrected chi connectivity index (χ1v) is 6.49. The highest BCUT2D eigenvalue weighted by atomic mass is 32.1. The van der Waals surface area contributed by atoms with Gasteiger partial charge >= 0.3 is 0 Å². The summed E-state index contributed by atoms with van der Waals surface area (Å²) in [5.74, 6) is 0.0306. The fraction of sp³-hybridized carbons (Fsp3) is 0.700. The molecule has 6 heteroatoms. The Morgan fingerprint density at radius 1 is 1.44 bits per heavy atom. The summed E-state index contributed by atoms with van der Waals surface area (Å²) in [4.78, 5) is 14.0. The zero-order valence-corrected chi connectivity index (χ0v) is 9.74. The number of carbonyl (C=O) groups is 1. The van der Waals surface area contributed by atoms with Gasteiger partial charge in [-0.05, 0) is 30.8 Å². The highest BCUT2D eigenvalue weighted by Crippen LogP contribution is 2.21. The zero-order chi connectivity index (χ0) is 11.0. The van der Waals surface area contributed by atoms with Gasteiger partial charge in [0.05, 0.1) is 0 Å². The van der Waals surface area contributed by atoms with Crippen LogP contribution in [-0.4, -0.2) is 45.6 Å². The summed E-state index contributed by atoms with van der Waals surface area (Å²) in [5.41, 5.74) is 0.489. The monoisotopic (exact) mass is 238 g/mol. The fourth-order valence-electron chi connectivity index (χ4n) is 2.55. The Kier molecular flexibility index (Phi) is 2.61. The minimum Gasteiger partial charge on any atom is -0.336 e. The van der Waals surface area contributed by atoms with Crippen molar-refractivity contribution in [2.45, 2.75) is 31.3 Å². The van der Waals surface area contributed by atoms with Crippen LogP contribution in [0, 0.1) is 0 Å². The lowest BCUT2D eigenvalue weighted by molar-refractivity contribution is 0.0742. The van der Waals surface area contributed by atoms with Gasteiger partial charge in [0.25, 0.3) is 5.91 Å². The van der Waals surface area contributed by atoms with Crippen molar-refractivity contribution in [2.24, 2.45) is 0 Å². The van der Waals surface area contributed by atoms with Crippen LogP contribution in [0.3, 0.4) is 0 Å². The van der Waals surface area contributed by atoms with E-state index in [-0.39, 0.29) is 5.91 Å². The first-order valence-electron chi connectivity index (χ1n) is 5.65. The van der Waals surface area contributed by atoms with E-state index in [0.717, 1.165) is 19.5 Å². The van der Waals surface area contributed by atoms with Gasteiger partial charge < -0.3 is 10.2 Å². The molecule has 0 saturated carbocycles. The van der Waals surface area contributed by atoms with Crippen LogP contribution in [0.1, 0.15) is 29.8 Å². The van der Waals surface area contributed by atoms with E-state index in [4.69, 9.17) is 0 Å². The molecule has 5 nitrogen and oxygen atoms in total. The van der Waals surface area contributed by atoms with Crippen molar-refractivity contribution >= 4 is 17.4 Å². The third-order valence-electron chi connectivity index (χ3n) is 3.39. The highest BCUT2D eigenvalue weighted by Gasteiger charge is 2.31. The quantitative estimate of drug-likeness (QED) is 0.774. The van der Waals surface area contributed by atoms with Crippen LogP contribution in [0.25, 0.3) is 0 Å². The molecule has 1 N–H and O–H groups in total. The number of nitrogens with one attached hydrogen (secondary N) is 1. The molecule has 0 aliphatic carbocycles. The first-order chi connectivity index (χ1) is 7.83. The maximum atomic E-state index is 12.1. The Hall–Kier alpha value is -1.01. The Bertz CT molecular complexity index is 380. The molecule has 1 aromatic heterocycles. The molecule has 2 atom stereocenters. The molecule has 1 aromatic rings. The summed E-state index contributed by atoms with van der Waals surface area (Å²) in [6.45, 7) is 1.65. The zero-order valence-electron chi connectivity index (χ0n) is 8.93. The lowest BCUT2D eigenvalue weighted by atomic mass is 10.1. The summed E-state index contributed by atoms with van der Waals surface area (Å²) in [7, 11) is 0. The Labute approximate surface area is 98.0 Å². The number of aromatic nitrogens is 2. The minimum absolute atomic E-state index is 0.0306. The van der Waals surface area contributed by atoms with Gasteiger partial charge in [-0.3, -0.25) is 4.79 Å². The summed E-state index contributed by atoms with van der Waals surface area (Å²) >= 11 is 1.23. The molecule has 86 valence electrons. The van der Waals surface area contributed by atoms with Crippen LogP contribution in [0.5, 0.6) is 0 Å². The smallest absolute Gasteiger partial charge is 0.275 e. The normalized spacial score (nSPS) is 29.1. The third kappa shape index (κ3) is 1.82. The lowest BCUT2D eigenvalue weighted by Gasteiger charge is -2.23. The first kappa shape index (κ1) is 10.2. The molecule has 0 radical (unpaired) electrons. The van der Waals surface area contributed by atoms with Crippen molar-refractivity contribution in [1.29, 1.82) is 0 Å². The van der Waals surface area contributed by atoms with Crippen molar-refractivity contribution in [3.05, 3.63) is 11.1 Å². The number of nitrogens with zero attached hydrogens (tertiary/aromatic N) is 3. The summed E-state index contributed by atoms with van der Waals surface area (Å²) in [6, 6.07) is 1.08. The van der Waals surface area contributed by atoms with E-state index in [2.05, 4.69) is 14.9 Å². The van der Waals surface area contributed by atoms with Gasteiger partial charge in [-0.15, -0.1) is 5.10 Å². The fourth-order valence-corrected chi connectivity index (χ4v) is 2.98. The molecule has 2 aliphatic rings. The molecule has 0 aromatic carbocycles. The van der Waals surface area contributed by atoms with Crippen LogP contribution < -0.4 is 5.32 Å². The van der Waals surface area contributed by atoms with Crippen LogP contribution in [-0.2, 0) is 0 Å². The minimum atomic E-state index is 0.0306. The topological polar surface area (TPSA) is 58.1 Å². The molecule has 2 bridgehead atoms. The van der Waals surface area contributed by atoms with Crippen molar-refractivity contribution in [3.8, 4) is 0 Å². The molecular weight excluding hydrogens is 224 g/mol. The van der Waals surface area contributed by atoms with Crippen molar-refractivity contribution in [1.82, 2.24) is 19.8 Å². The van der Waals surface area contributed by atoms with Gasteiger partial charge in [0.15, 0.2) is 5.69 Å². The molecule has 3 heterocycles. The second-order valence-electron chi connectivity index (χ2n) is 4.47.